The van der Waals surface area contributed by atoms with Crippen LogP contribution in [0.1, 0.15) is 31.5 Å². The Kier molecular flexibility index (Phi) is 8.22. The summed E-state index contributed by atoms with van der Waals surface area (Å²) in [6.45, 7) is 7.64. The van der Waals surface area contributed by atoms with Gasteiger partial charge in [0.25, 0.3) is 0 Å². The normalized spacial score (nSPS) is 13.0. The first kappa shape index (κ1) is 23.1. The van der Waals surface area contributed by atoms with E-state index in [9.17, 15) is 9.59 Å². The molecule has 6 nitrogen and oxygen atoms in total. The maximum atomic E-state index is 12.7. The Morgan fingerprint density at radius 3 is 2.77 bits per heavy atom. The number of carbonyl (C=O) groups is 1. The average molecular weight is 469 g/mol. The minimum Gasteiger partial charge on any atom is -0.324 e. The molecule has 2 aromatic rings. The van der Waals surface area contributed by atoms with Crippen LogP contribution in [0, 0.1) is 0 Å². The van der Waals surface area contributed by atoms with Gasteiger partial charge in [0.1, 0.15) is 5.03 Å². The van der Waals surface area contributed by atoms with Gasteiger partial charge in [0.2, 0.25) is 5.91 Å². The summed E-state index contributed by atoms with van der Waals surface area (Å²) in [5, 5.41) is 4.35. The lowest BCUT2D eigenvalue weighted by Crippen LogP contribution is -2.34. The lowest BCUT2D eigenvalue weighted by molar-refractivity contribution is -0.113. The Labute approximate surface area is 191 Å². The number of nitrogens with one attached hydrogen (secondary N) is 1. The Morgan fingerprint density at radius 1 is 1.27 bits per heavy atom. The Balaban J connectivity index is 1.70. The number of nitrogens with zero attached hydrogens (tertiary/aromatic N) is 3. The summed E-state index contributed by atoms with van der Waals surface area (Å²) in [5.41, 5.74) is 2.42. The molecular formula is C21H26Cl2N4O2S. The van der Waals surface area contributed by atoms with Crippen molar-refractivity contribution in [3.63, 3.8) is 0 Å². The van der Waals surface area contributed by atoms with E-state index in [-0.39, 0.29) is 17.3 Å². The van der Waals surface area contributed by atoms with Crippen LogP contribution < -0.4 is 11.0 Å². The number of anilines is 1. The summed E-state index contributed by atoms with van der Waals surface area (Å²) in [6.07, 6.45) is 2.77. The van der Waals surface area contributed by atoms with Crippen molar-refractivity contribution in [2.45, 2.75) is 44.7 Å². The molecule has 9 heteroatoms. The maximum Gasteiger partial charge on any atom is 0.348 e. The first-order valence-corrected chi connectivity index (χ1v) is 11.9. The minimum atomic E-state index is -0.233. The molecule has 162 valence electrons. The highest BCUT2D eigenvalue weighted by Gasteiger charge is 2.22. The smallest absolute Gasteiger partial charge is 0.324 e. The highest BCUT2D eigenvalue weighted by Crippen LogP contribution is 2.30. The second-order valence-electron chi connectivity index (χ2n) is 7.12. The lowest BCUT2D eigenvalue weighted by Gasteiger charge is -2.20. The monoisotopic (exact) mass is 468 g/mol. The lowest BCUT2D eigenvalue weighted by atomic mass is 10.2. The van der Waals surface area contributed by atoms with Crippen LogP contribution in [0.4, 0.5) is 5.69 Å². The standard InChI is InChI=1S/C21H26Cl2N4O2S/c1-3-26(4-2)10-11-27-18-7-5-6-15(18)20(25-21(27)29)30-13-19(28)24-17-12-14(22)8-9-16(17)23/h8-9,12H,3-7,10-11,13H2,1-2H3,(H,24,28). The molecule has 0 saturated carbocycles. The van der Waals surface area contributed by atoms with E-state index < -0.39 is 0 Å². The van der Waals surface area contributed by atoms with E-state index >= 15 is 0 Å². The molecule has 0 unspecified atom stereocenters. The van der Waals surface area contributed by atoms with Crippen LogP contribution in [0.5, 0.6) is 0 Å². The largest absolute Gasteiger partial charge is 0.348 e. The van der Waals surface area contributed by atoms with E-state index in [1.54, 1.807) is 18.2 Å². The summed E-state index contributed by atoms with van der Waals surface area (Å²) in [5.74, 6) is -0.0750. The van der Waals surface area contributed by atoms with Crippen LogP contribution in [0.25, 0.3) is 0 Å². The molecule has 1 aliphatic carbocycles. The van der Waals surface area contributed by atoms with Gasteiger partial charge in [-0.2, -0.15) is 4.98 Å². The molecule has 1 aliphatic rings. The van der Waals surface area contributed by atoms with Crippen molar-refractivity contribution in [3.8, 4) is 0 Å². The zero-order chi connectivity index (χ0) is 21.7. The number of likely N-dealkylation sites (N-methyl/N-ethyl adjacent to an activating group) is 1. The van der Waals surface area contributed by atoms with Gasteiger partial charge in [0.15, 0.2) is 0 Å². The van der Waals surface area contributed by atoms with Gasteiger partial charge in [-0.05, 0) is 50.6 Å². The Morgan fingerprint density at radius 2 is 2.03 bits per heavy atom. The first-order valence-electron chi connectivity index (χ1n) is 10.2. The second-order valence-corrected chi connectivity index (χ2v) is 8.93. The van der Waals surface area contributed by atoms with Gasteiger partial charge in [-0.3, -0.25) is 9.36 Å². The van der Waals surface area contributed by atoms with Gasteiger partial charge >= 0.3 is 5.69 Å². The van der Waals surface area contributed by atoms with E-state index in [2.05, 4.69) is 29.0 Å². The highest BCUT2D eigenvalue weighted by atomic mass is 35.5. The van der Waals surface area contributed by atoms with Crippen molar-refractivity contribution in [1.82, 2.24) is 14.5 Å². The fourth-order valence-corrected chi connectivity index (χ4v) is 4.84. The van der Waals surface area contributed by atoms with Gasteiger partial charge in [0.05, 0.1) is 16.5 Å². The molecule has 3 rings (SSSR count). The molecule has 0 fully saturated rings. The molecule has 1 amide bonds. The van der Waals surface area contributed by atoms with Crippen LogP contribution in [0.3, 0.4) is 0 Å². The average Bonchev–Trinajstić information content (AvgIpc) is 3.21. The van der Waals surface area contributed by atoms with Gasteiger partial charge in [0, 0.05) is 29.4 Å². The van der Waals surface area contributed by atoms with Crippen LogP contribution >= 0.6 is 35.0 Å². The number of rotatable bonds is 9. The van der Waals surface area contributed by atoms with Gasteiger partial charge in [-0.15, -0.1) is 0 Å². The van der Waals surface area contributed by atoms with E-state index in [4.69, 9.17) is 23.2 Å². The molecule has 0 bridgehead atoms. The van der Waals surface area contributed by atoms with Gasteiger partial charge in [-0.1, -0.05) is 48.8 Å². The van der Waals surface area contributed by atoms with Gasteiger partial charge < -0.3 is 10.2 Å². The van der Waals surface area contributed by atoms with Gasteiger partial charge in [-0.25, -0.2) is 4.79 Å². The van der Waals surface area contributed by atoms with Crippen LogP contribution in [0.2, 0.25) is 10.0 Å². The topological polar surface area (TPSA) is 67.2 Å². The third-order valence-corrected chi connectivity index (χ3v) is 6.86. The van der Waals surface area contributed by atoms with Crippen molar-refractivity contribution in [2.75, 3.05) is 30.7 Å². The zero-order valence-electron chi connectivity index (χ0n) is 17.2. The van der Waals surface area contributed by atoms with Crippen molar-refractivity contribution >= 4 is 46.6 Å². The maximum absolute atomic E-state index is 12.7. The SMILES string of the molecule is CCN(CC)CCn1c2c(c(SCC(=O)Nc3cc(Cl)ccc3Cl)nc1=O)CCC2. The second kappa shape index (κ2) is 10.7. The molecule has 1 aromatic carbocycles. The number of benzene rings is 1. The Bertz CT molecular complexity index is 976. The number of carbonyl (C=O) groups excluding carboxylic acids is 1. The highest BCUT2D eigenvalue weighted by molar-refractivity contribution is 8.00. The number of thioether (sulfide) groups is 1. The van der Waals surface area contributed by atoms with Crippen molar-refractivity contribution in [1.29, 1.82) is 0 Å². The Hall–Kier alpha value is -1.54. The molecule has 30 heavy (non-hydrogen) atoms. The number of halogens is 2. The number of hydrogen-bond acceptors (Lipinski definition) is 5. The summed E-state index contributed by atoms with van der Waals surface area (Å²) >= 11 is 13.4. The third-order valence-electron chi connectivity index (χ3n) is 5.28. The van der Waals surface area contributed by atoms with Crippen LogP contribution in [-0.2, 0) is 24.2 Å². The van der Waals surface area contributed by atoms with E-state index in [1.807, 2.05) is 4.57 Å². The van der Waals surface area contributed by atoms with E-state index in [0.29, 0.717) is 27.3 Å². The molecule has 1 aromatic heterocycles. The van der Waals surface area contributed by atoms with Crippen LogP contribution in [-0.4, -0.2) is 45.7 Å². The van der Waals surface area contributed by atoms with Crippen molar-refractivity contribution in [2.24, 2.45) is 0 Å². The fourth-order valence-electron chi connectivity index (χ4n) is 3.63. The number of aromatic nitrogens is 2. The molecule has 1 heterocycles. The molecule has 0 saturated heterocycles. The summed E-state index contributed by atoms with van der Waals surface area (Å²) in [7, 11) is 0. The summed E-state index contributed by atoms with van der Waals surface area (Å²) < 4.78 is 1.82. The number of amides is 1. The van der Waals surface area contributed by atoms with Crippen LogP contribution in [0.15, 0.2) is 28.0 Å². The molecule has 0 aliphatic heterocycles. The molecule has 0 spiro atoms. The number of hydrogen-bond donors (Lipinski definition) is 1. The molecule has 0 radical (unpaired) electrons. The molecule has 0 atom stereocenters. The zero-order valence-corrected chi connectivity index (χ0v) is 19.5. The fraction of sp³-hybridized carbons (Fsp3) is 0.476. The van der Waals surface area contributed by atoms with E-state index in [0.717, 1.165) is 50.2 Å². The van der Waals surface area contributed by atoms with Crippen molar-refractivity contribution < 1.29 is 4.79 Å². The van der Waals surface area contributed by atoms with Crippen molar-refractivity contribution in [3.05, 3.63) is 50.0 Å². The molecular weight excluding hydrogens is 443 g/mol. The summed E-state index contributed by atoms with van der Waals surface area (Å²) in [4.78, 5) is 31.7. The minimum absolute atomic E-state index is 0.144. The van der Waals surface area contributed by atoms with E-state index in [1.165, 1.54) is 11.8 Å². The molecule has 1 N–H and O–H groups in total. The first-order chi connectivity index (χ1) is 14.4. The number of fused-ring (bicyclic) bond motifs is 1. The predicted molar refractivity (Wildman–Crippen MR) is 124 cm³/mol. The third kappa shape index (κ3) is 5.58. The summed E-state index contributed by atoms with van der Waals surface area (Å²) in [6, 6.07) is 4.91. The predicted octanol–water partition coefficient (Wildman–Crippen LogP) is 4.11. The quantitative estimate of drug-likeness (QED) is 0.442.